The molecule has 2 amide bonds. The van der Waals surface area contributed by atoms with E-state index >= 15 is 0 Å². The number of carbonyl (C=O) groups is 1. The lowest BCUT2D eigenvalue weighted by molar-refractivity contribution is -0.154. The lowest BCUT2D eigenvalue weighted by atomic mass is 9.96. The molecule has 2 atom stereocenters. The number of ether oxygens (including phenoxy) is 2. The number of nitrogens with zero attached hydrogens (tertiary/aromatic N) is 1. The first-order chi connectivity index (χ1) is 11.1. The first-order valence-corrected chi connectivity index (χ1v) is 7.50. The Morgan fingerprint density at radius 3 is 2.71 bits per heavy atom. The standard InChI is InChI=1S/C15H18F3N3O3/c1-13(2)14(5-9(14)7-24-13)21-12(22)20-10-3-4-11(19-6-10)23-8-15(16,17)18/h3-4,6,9H,5,7-8H2,1-2H3,(H2,20,21,22). The van der Waals surface area contributed by atoms with Gasteiger partial charge in [-0.2, -0.15) is 13.2 Å². The molecule has 0 radical (unpaired) electrons. The highest BCUT2D eigenvalue weighted by Gasteiger charge is 2.69. The molecule has 3 rings (SSSR count). The molecule has 1 aromatic rings. The Bertz CT molecular complexity index is 633. The Balaban J connectivity index is 1.54. The molecule has 6 nitrogen and oxygen atoms in total. The molecule has 2 fully saturated rings. The highest BCUT2D eigenvalue weighted by molar-refractivity contribution is 5.90. The molecule has 9 heteroatoms. The van der Waals surface area contributed by atoms with Gasteiger partial charge in [-0.25, -0.2) is 9.78 Å². The molecule has 0 aromatic carbocycles. The predicted octanol–water partition coefficient (Wildman–Crippen LogP) is 2.71. The van der Waals surface area contributed by atoms with E-state index in [0.29, 0.717) is 18.2 Å². The third kappa shape index (κ3) is 3.26. The van der Waals surface area contributed by atoms with E-state index in [1.807, 2.05) is 13.8 Å². The van der Waals surface area contributed by atoms with Crippen molar-refractivity contribution in [1.29, 1.82) is 0 Å². The minimum atomic E-state index is -4.42. The van der Waals surface area contributed by atoms with Gasteiger partial charge in [0.05, 0.1) is 29.6 Å². The third-order valence-electron chi connectivity index (χ3n) is 4.54. The van der Waals surface area contributed by atoms with Gasteiger partial charge in [0.15, 0.2) is 6.61 Å². The van der Waals surface area contributed by atoms with Crippen molar-refractivity contribution in [2.75, 3.05) is 18.5 Å². The number of pyridine rings is 1. The molecule has 2 aliphatic rings. The second-order valence-electron chi connectivity index (χ2n) is 6.56. The maximum atomic E-state index is 12.1. The van der Waals surface area contributed by atoms with Crippen molar-refractivity contribution in [2.45, 2.75) is 37.6 Å². The van der Waals surface area contributed by atoms with Crippen LogP contribution in [0.4, 0.5) is 23.7 Å². The van der Waals surface area contributed by atoms with Gasteiger partial charge in [-0.05, 0) is 26.3 Å². The Morgan fingerprint density at radius 1 is 1.46 bits per heavy atom. The third-order valence-corrected chi connectivity index (χ3v) is 4.54. The summed E-state index contributed by atoms with van der Waals surface area (Å²) in [6, 6.07) is 2.29. The highest BCUT2D eigenvalue weighted by atomic mass is 19.4. The van der Waals surface area contributed by atoms with Gasteiger partial charge in [0.1, 0.15) is 0 Å². The molecule has 2 N–H and O–H groups in total. The monoisotopic (exact) mass is 345 g/mol. The zero-order valence-electron chi connectivity index (χ0n) is 13.2. The SMILES string of the molecule is CC1(C)OCC2CC21NC(=O)Nc1ccc(OCC(F)(F)F)nc1. The van der Waals surface area contributed by atoms with E-state index < -0.39 is 24.4 Å². The topological polar surface area (TPSA) is 72.5 Å². The van der Waals surface area contributed by atoms with Crippen LogP contribution in [-0.4, -0.2) is 41.5 Å². The summed E-state index contributed by atoms with van der Waals surface area (Å²) in [6.07, 6.45) is -2.31. The molecule has 1 aromatic heterocycles. The average Bonchev–Trinajstić information content (AvgIpc) is 3.12. The number of aromatic nitrogens is 1. The molecule has 24 heavy (non-hydrogen) atoms. The molecule has 0 bridgehead atoms. The van der Waals surface area contributed by atoms with E-state index in [2.05, 4.69) is 20.4 Å². The fraction of sp³-hybridized carbons (Fsp3) is 0.600. The van der Waals surface area contributed by atoms with Crippen LogP contribution in [0, 0.1) is 5.92 Å². The van der Waals surface area contributed by atoms with E-state index in [-0.39, 0.29) is 11.4 Å². The van der Waals surface area contributed by atoms with Crippen LogP contribution >= 0.6 is 0 Å². The van der Waals surface area contributed by atoms with Gasteiger partial charge in [-0.3, -0.25) is 0 Å². The summed E-state index contributed by atoms with van der Waals surface area (Å²) in [5.74, 6) is 0.152. The molecule has 132 valence electrons. The van der Waals surface area contributed by atoms with Gasteiger partial charge in [0.2, 0.25) is 5.88 Å². The number of carbonyl (C=O) groups excluding carboxylic acids is 1. The average molecular weight is 345 g/mol. The predicted molar refractivity (Wildman–Crippen MR) is 78.8 cm³/mol. The van der Waals surface area contributed by atoms with Crippen molar-refractivity contribution in [1.82, 2.24) is 10.3 Å². The fourth-order valence-corrected chi connectivity index (χ4v) is 3.07. The molecule has 2 unspecified atom stereocenters. The Morgan fingerprint density at radius 2 is 2.21 bits per heavy atom. The number of alkyl halides is 3. The van der Waals surface area contributed by atoms with Crippen LogP contribution in [0.3, 0.4) is 0 Å². The van der Waals surface area contributed by atoms with Crippen LogP contribution in [0.5, 0.6) is 5.88 Å². The number of hydrogen-bond donors (Lipinski definition) is 2. The number of hydrogen-bond acceptors (Lipinski definition) is 4. The summed E-state index contributed by atoms with van der Waals surface area (Å²) in [7, 11) is 0. The van der Waals surface area contributed by atoms with Gasteiger partial charge in [0, 0.05) is 12.0 Å². The first-order valence-electron chi connectivity index (χ1n) is 7.50. The molecule has 1 saturated heterocycles. The smallest absolute Gasteiger partial charge is 0.422 e. The maximum Gasteiger partial charge on any atom is 0.422 e. The fourth-order valence-electron chi connectivity index (χ4n) is 3.07. The van der Waals surface area contributed by atoms with Gasteiger partial charge in [0.25, 0.3) is 0 Å². The number of anilines is 1. The van der Waals surface area contributed by atoms with Crippen molar-refractivity contribution in [3.63, 3.8) is 0 Å². The summed E-state index contributed by atoms with van der Waals surface area (Å²) in [4.78, 5) is 15.9. The van der Waals surface area contributed by atoms with E-state index in [0.717, 1.165) is 6.42 Å². The number of amides is 2. The van der Waals surface area contributed by atoms with Crippen molar-refractivity contribution in [3.05, 3.63) is 18.3 Å². The minimum Gasteiger partial charge on any atom is -0.468 e. The van der Waals surface area contributed by atoms with E-state index in [1.54, 1.807) is 0 Å². The van der Waals surface area contributed by atoms with Crippen molar-refractivity contribution < 1.29 is 27.4 Å². The maximum absolute atomic E-state index is 12.1. The van der Waals surface area contributed by atoms with Crippen LogP contribution in [0.1, 0.15) is 20.3 Å². The summed E-state index contributed by atoms with van der Waals surface area (Å²) < 4.78 is 46.4. The van der Waals surface area contributed by atoms with Crippen molar-refractivity contribution in [2.24, 2.45) is 5.92 Å². The Kier molecular flexibility index (Phi) is 3.86. The second-order valence-corrected chi connectivity index (χ2v) is 6.56. The van der Waals surface area contributed by atoms with E-state index in [4.69, 9.17) is 4.74 Å². The lowest BCUT2D eigenvalue weighted by Gasteiger charge is -2.31. The van der Waals surface area contributed by atoms with Crippen LogP contribution in [0.15, 0.2) is 18.3 Å². The molecule has 0 spiro atoms. The number of rotatable bonds is 4. The van der Waals surface area contributed by atoms with Crippen LogP contribution in [0.2, 0.25) is 0 Å². The van der Waals surface area contributed by atoms with E-state index in [1.165, 1.54) is 18.3 Å². The number of halogens is 3. The zero-order valence-corrected chi connectivity index (χ0v) is 13.2. The molecular formula is C15H18F3N3O3. The van der Waals surface area contributed by atoms with Gasteiger partial charge >= 0.3 is 12.2 Å². The minimum absolute atomic E-state index is 0.163. The van der Waals surface area contributed by atoms with Gasteiger partial charge in [-0.1, -0.05) is 0 Å². The number of nitrogens with one attached hydrogen (secondary N) is 2. The molecule has 1 saturated carbocycles. The summed E-state index contributed by atoms with van der Waals surface area (Å²) >= 11 is 0. The molecule has 1 aliphatic carbocycles. The van der Waals surface area contributed by atoms with Gasteiger partial charge < -0.3 is 20.1 Å². The number of fused-ring (bicyclic) bond motifs is 1. The number of urea groups is 1. The van der Waals surface area contributed by atoms with E-state index in [9.17, 15) is 18.0 Å². The van der Waals surface area contributed by atoms with Gasteiger partial charge in [-0.15, -0.1) is 0 Å². The normalized spacial score (nSPS) is 27.3. The first kappa shape index (κ1) is 16.8. The summed E-state index contributed by atoms with van der Waals surface area (Å²) in [5.41, 5.74) is -0.430. The van der Waals surface area contributed by atoms with Crippen LogP contribution in [-0.2, 0) is 4.74 Å². The van der Waals surface area contributed by atoms with Crippen LogP contribution < -0.4 is 15.4 Å². The second kappa shape index (κ2) is 5.51. The van der Waals surface area contributed by atoms with Crippen molar-refractivity contribution in [3.8, 4) is 5.88 Å². The molecule has 2 heterocycles. The largest absolute Gasteiger partial charge is 0.468 e. The summed E-state index contributed by atoms with van der Waals surface area (Å²) in [5, 5.41) is 5.56. The molecule has 1 aliphatic heterocycles. The zero-order chi connectivity index (χ0) is 17.6. The Labute approximate surface area is 136 Å². The lowest BCUT2D eigenvalue weighted by Crippen LogP contribution is -2.52. The summed E-state index contributed by atoms with van der Waals surface area (Å²) in [6.45, 7) is 3.09. The Hall–Kier alpha value is -2.03. The van der Waals surface area contributed by atoms with Crippen molar-refractivity contribution >= 4 is 11.7 Å². The quantitative estimate of drug-likeness (QED) is 0.880. The molecular weight excluding hydrogens is 327 g/mol. The van der Waals surface area contributed by atoms with Crippen LogP contribution in [0.25, 0.3) is 0 Å². The highest BCUT2D eigenvalue weighted by Crippen LogP contribution is 2.57.